The summed E-state index contributed by atoms with van der Waals surface area (Å²) in [6.07, 6.45) is 2.42. The highest BCUT2D eigenvalue weighted by molar-refractivity contribution is 7.98. The number of amides is 2. The van der Waals surface area contributed by atoms with Crippen LogP contribution in [-0.2, 0) is 16.0 Å². The Morgan fingerprint density at radius 1 is 1.06 bits per heavy atom. The third kappa shape index (κ3) is 7.65. The van der Waals surface area contributed by atoms with Gasteiger partial charge in [0.2, 0.25) is 5.91 Å². The number of carbonyl (C=O) groups is 2. The molecule has 0 spiro atoms. The van der Waals surface area contributed by atoms with Crippen LogP contribution in [0.3, 0.4) is 0 Å². The number of likely N-dealkylation sites (N-methyl/N-ethyl adjacent to an activating group) is 1. The smallest absolute Gasteiger partial charge is 0.290 e. The molecule has 2 aromatic rings. The van der Waals surface area contributed by atoms with E-state index in [-0.39, 0.29) is 16.4 Å². The minimum atomic E-state index is -1.08. The molecule has 0 aromatic heterocycles. The predicted molar refractivity (Wildman–Crippen MR) is 131 cm³/mol. The molecule has 0 heterocycles. The molecule has 174 valence electrons. The summed E-state index contributed by atoms with van der Waals surface area (Å²) in [5, 5.41) is 13.7. The van der Waals surface area contributed by atoms with Gasteiger partial charge < -0.3 is 10.4 Å². The summed E-state index contributed by atoms with van der Waals surface area (Å²) < 4.78 is 0.0755. The van der Waals surface area contributed by atoms with E-state index >= 15 is 0 Å². The van der Waals surface area contributed by atoms with E-state index in [1.807, 2.05) is 87.9 Å². The van der Waals surface area contributed by atoms with Crippen molar-refractivity contribution < 1.29 is 19.3 Å². The lowest BCUT2D eigenvalue weighted by Crippen LogP contribution is -2.66. The number of aliphatic hydroxyl groups is 1. The van der Waals surface area contributed by atoms with E-state index in [1.165, 1.54) is 0 Å². The van der Waals surface area contributed by atoms with Crippen LogP contribution in [0.1, 0.15) is 37.0 Å². The maximum Gasteiger partial charge on any atom is 0.290 e. The molecule has 0 saturated heterocycles. The lowest BCUT2D eigenvalue weighted by Gasteiger charge is -2.38. The van der Waals surface area contributed by atoms with Crippen molar-refractivity contribution in [3.05, 3.63) is 71.8 Å². The summed E-state index contributed by atoms with van der Waals surface area (Å²) in [6, 6.07) is 19.1. The van der Waals surface area contributed by atoms with E-state index in [0.29, 0.717) is 31.6 Å². The molecule has 1 unspecified atom stereocenters. The van der Waals surface area contributed by atoms with Crippen molar-refractivity contribution >= 4 is 23.6 Å². The summed E-state index contributed by atoms with van der Waals surface area (Å²) in [4.78, 5) is 26.3. The second-order valence-electron chi connectivity index (χ2n) is 8.62. The Bertz CT molecular complexity index is 861. The predicted octanol–water partition coefficient (Wildman–Crippen LogP) is 3.09. The molecule has 2 atom stereocenters. The van der Waals surface area contributed by atoms with Gasteiger partial charge in [0.05, 0.1) is 14.1 Å². The van der Waals surface area contributed by atoms with E-state index in [1.54, 1.807) is 11.8 Å². The van der Waals surface area contributed by atoms with Crippen LogP contribution >= 0.6 is 11.8 Å². The van der Waals surface area contributed by atoms with Gasteiger partial charge in [0.15, 0.2) is 0 Å². The van der Waals surface area contributed by atoms with Crippen molar-refractivity contribution in [2.75, 3.05) is 32.6 Å². The van der Waals surface area contributed by atoms with Gasteiger partial charge in [-0.1, -0.05) is 67.6 Å². The normalized spacial score (nSPS) is 14.3. The second kappa shape index (κ2) is 12.0. The van der Waals surface area contributed by atoms with Crippen molar-refractivity contribution in [3.63, 3.8) is 0 Å². The first-order chi connectivity index (χ1) is 15.2. The Hall–Kier alpha value is -2.35. The number of carbonyl (C=O) groups excluding carboxylic acids is 2. The zero-order chi connectivity index (χ0) is 23.6. The van der Waals surface area contributed by atoms with Crippen molar-refractivity contribution in [1.29, 1.82) is 0 Å². The molecule has 3 N–H and O–H groups in total. The van der Waals surface area contributed by atoms with Gasteiger partial charge in [-0.15, -0.1) is 0 Å². The van der Waals surface area contributed by atoms with Crippen LogP contribution in [0.2, 0.25) is 0 Å². The largest absolute Gasteiger partial charge is 0.382 e. The van der Waals surface area contributed by atoms with Gasteiger partial charge in [0.25, 0.3) is 5.91 Å². The van der Waals surface area contributed by atoms with Crippen LogP contribution in [0.4, 0.5) is 0 Å². The van der Waals surface area contributed by atoms with Gasteiger partial charge in [-0.25, -0.2) is 10.0 Å². The number of hydrogen-bond acceptors (Lipinski definition) is 4. The van der Waals surface area contributed by atoms with E-state index < -0.39 is 11.6 Å². The van der Waals surface area contributed by atoms with Crippen LogP contribution in [-0.4, -0.2) is 59.7 Å². The van der Waals surface area contributed by atoms with Crippen LogP contribution < -0.4 is 10.7 Å². The molecule has 0 saturated carbocycles. The first-order valence-corrected chi connectivity index (χ1v) is 12.3. The van der Waals surface area contributed by atoms with Gasteiger partial charge in [-0.3, -0.25) is 9.59 Å². The fourth-order valence-electron chi connectivity index (χ4n) is 3.66. The molecule has 2 amide bonds. The lowest BCUT2D eigenvalue weighted by molar-refractivity contribution is -0.928. The minimum absolute atomic E-state index is 0.0755. The number of benzene rings is 2. The van der Waals surface area contributed by atoms with Crippen LogP contribution in [0.15, 0.2) is 60.7 Å². The number of aliphatic hydroxyl groups excluding tert-OH is 1. The third-order valence-electron chi connectivity index (χ3n) is 5.52. The number of quaternary nitrogens is 1. The van der Waals surface area contributed by atoms with Gasteiger partial charge in [-0.2, -0.15) is 11.8 Å². The molecule has 0 aliphatic carbocycles. The maximum absolute atomic E-state index is 13.6. The highest BCUT2D eigenvalue weighted by atomic mass is 32.2. The van der Waals surface area contributed by atoms with E-state index in [9.17, 15) is 14.7 Å². The van der Waals surface area contributed by atoms with Crippen LogP contribution in [0.25, 0.3) is 0 Å². The highest BCUT2D eigenvalue weighted by Crippen LogP contribution is 2.21. The lowest BCUT2D eigenvalue weighted by atomic mass is 9.87. The molecule has 32 heavy (non-hydrogen) atoms. The molecule has 0 aliphatic heterocycles. The summed E-state index contributed by atoms with van der Waals surface area (Å²) in [5.41, 5.74) is 3.74. The Kier molecular flexibility index (Phi) is 9.75. The number of hydrogen-bond donors (Lipinski definition) is 3. The molecule has 0 fully saturated rings. The summed E-state index contributed by atoms with van der Waals surface area (Å²) in [5.74, 6) is 0.303. The fraction of sp³-hybridized carbons (Fsp3) is 0.440. The molecular formula is C25H36N3O3S+. The molecule has 0 radical (unpaired) electrons. The van der Waals surface area contributed by atoms with Gasteiger partial charge in [-0.05, 0) is 23.8 Å². The zero-order valence-electron chi connectivity index (χ0n) is 19.5. The zero-order valence-corrected chi connectivity index (χ0v) is 20.3. The van der Waals surface area contributed by atoms with E-state index in [4.69, 9.17) is 0 Å². The van der Waals surface area contributed by atoms with Crippen molar-refractivity contribution in [1.82, 2.24) is 10.7 Å². The Morgan fingerprint density at radius 2 is 1.66 bits per heavy atom. The van der Waals surface area contributed by atoms with Crippen LogP contribution in [0, 0.1) is 0 Å². The Balaban J connectivity index is 2.22. The van der Waals surface area contributed by atoms with Gasteiger partial charge in [0.1, 0.15) is 18.2 Å². The molecule has 0 bridgehead atoms. The second-order valence-corrected chi connectivity index (χ2v) is 9.61. The van der Waals surface area contributed by atoms with Crippen molar-refractivity contribution in [2.24, 2.45) is 0 Å². The number of rotatable bonds is 12. The number of nitrogens with zero attached hydrogens (tertiary/aromatic N) is 1. The topological polar surface area (TPSA) is 78.4 Å². The molecule has 7 heteroatoms. The quantitative estimate of drug-likeness (QED) is 0.337. The highest BCUT2D eigenvalue weighted by Gasteiger charge is 2.41. The fourth-order valence-corrected chi connectivity index (χ4v) is 4.05. The first kappa shape index (κ1) is 25.9. The molecule has 0 aliphatic rings. The number of nitrogens with one attached hydrogen (secondary N) is 2. The van der Waals surface area contributed by atoms with E-state index in [0.717, 1.165) is 11.1 Å². The molecule has 2 aromatic carbocycles. The van der Waals surface area contributed by atoms with Gasteiger partial charge >= 0.3 is 0 Å². The van der Waals surface area contributed by atoms with Crippen molar-refractivity contribution in [2.45, 2.75) is 37.8 Å². The standard InChI is InChI=1S/C25H35N3O3S/c1-5-25(26-23(30)16-17-32-4,18-20-12-8-6-9-13-20)24(31)27-28(2,3)19-22(29)21-14-10-7-11-15-21/h6-15,22,29H,5,16-19H2,1-4H3,(H-,26,27,30,31)/p+1/t22?,25-/m1/s1. The number of thioether (sulfide) groups is 1. The summed E-state index contributed by atoms with van der Waals surface area (Å²) in [7, 11) is 3.67. The Morgan fingerprint density at radius 3 is 2.22 bits per heavy atom. The van der Waals surface area contributed by atoms with Gasteiger partial charge in [0, 0.05) is 18.6 Å². The third-order valence-corrected chi connectivity index (χ3v) is 6.13. The average molecular weight is 459 g/mol. The monoisotopic (exact) mass is 458 g/mol. The molecule has 2 rings (SSSR count). The average Bonchev–Trinajstić information content (AvgIpc) is 2.77. The first-order valence-electron chi connectivity index (χ1n) is 10.9. The van der Waals surface area contributed by atoms with Crippen LogP contribution in [0.5, 0.6) is 0 Å². The SMILES string of the molecule is CC[C@](Cc1ccccc1)(NC(=O)CCSC)C(=O)N[N+](C)(C)CC(O)c1ccccc1. The minimum Gasteiger partial charge on any atom is -0.382 e. The Labute approximate surface area is 196 Å². The summed E-state index contributed by atoms with van der Waals surface area (Å²) in [6.45, 7) is 2.21. The van der Waals surface area contributed by atoms with E-state index in [2.05, 4.69) is 10.7 Å². The van der Waals surface area contributed by atoms with Crippen molar-refractivity contribution in [3.8, 4) is 0 Å². The summed E-state index contributed by atoms with van der Waals surface area (Å²) >= 11 is 1.60. The maximum atomic E-state index is 13.6. The molecular weight excluding hydrogens is 422 g/mol. The molecule has 6 nitrogen and oxygen atoms in total.